The van der Waals surface area contributed by atoms with Crippen LogP contribution in [0, 0.1) is 10.1 Å². The van der Waals surface area contributed by atoms with Crippen molar-refractivity contribution in [2.45, 2.75) is 31.6 Å². The zero-order valence-electron chi connectivity index (χ0n) is 22.1. The Hall–Kier alpha value is -3.52. The fourth-order valence-electron chi connectivity index (χ4n) is 4.47. The lowest BCUT2D eigenvalue weighted by Gasteiger charge is -2.32. The van der Waals surface area contributed by atoms with Gasteiger partial charge in [0.1, 0.15) is 9.90 Å². The van der Waals surface area contributed by atoms with Crippen LogP contribution in [0.4, 0.5) is 11.4 Å². The van der Waals surface area contributed by atoms with Crippen LogP contribution in [0.25, 0.3) is 10.4 Å². The molecule has 1 N–H and O–H groups in total. The second-order valence-electron chi connectivity index (χ2n) is 9.23. The molecule has 2 aromatic carbocycles. The highest BCUT2D eigenvalue weighted by Crippen LogP contribution is 2.45. The Bertz CT molecular complexity index is 1540. The standard InChI is InChI=1S/C27H28ClN3O8S2/c1-2-38-24(33)16-39-26-23(15-32)40-27(25(26)28)19-6-4-7-21(14-19)29-20-9-11-30(12-10-20)41(36,37)17-18-5-3-8-22(13-18)31(34)35/h3-8,13-15,20,29H,2,9-12,16-17H2,1H3. The number of nitro groups is 1. The molecule has 218 valence electrons. The number of ether oxygens (including phenoxy) is 2. The molecule has 0 aliphatic carbocycles. The Morgan fingerprint density at radius 1 is 1.22 bits per heavy atom. The number of halogens is 1. The van der Waals surface area contributed by atoms with Gasteiger partial charge in [-0.3, -0.25) is 14.9 Å². The summed E-state index contributed by atoms with van der Waals surface area (Å²) in [4.78, 5) is 34.7. The number of benzene rings is 2. The number of rotatable bonds is 12. The van der Waals surface area contributed by atoms with Gasteiger partial charge >= 0.3 is 5.97 Å². The molecule has 1 aliphatic heterocycles. The van der Waals surface area contributed by atoms with Crippen molar-refractivity contribution < 1.29 is 32.4 Å². The molecule has 0 radical (unpaired) electrons. The van der Waals surface area contributed by atoms with Crippen molar-refractivity contribution in [2.75, 3.05) is 31.6 Å². The molecule has 4 rings (SSSR count). The van der Waals surface area contributed by atoms with Gasteiger partial charge in [0.05, 0.1) is 22.2 Å². The third kappa shape index (κ3) is 7.61. The molecule has 0 amide bonds. The van der Waals surface area contributed by atoms with E-state index in [1.807, 2.05) is 24.3 Å². The number of nitrogens with one attached hydrogen (secondary N) is 1. The van der Waals surface area contributed by atoms with Gasteiger partial charge in [-0.05, 0) is 43.0 Å². The van der Waals surface area contributed by atoms with Gasteiger partial charge in [0.2, 0.25) is 10.0 Å². The van der Waals surface area contributed by atoms with Crippen LogP contribution in [0.5, 0.6) is 5.75 Å². The number of nitro benzene ring substituents is 1. The molecule has 0 bridgehead atoms. The van der Waals surface area contributed by atoms with Gasteiger partial charge in [-0.15, -0.1) is 11.3 Å². The SMILES string of the molecule is CCOC(=O)COc1c(C=O)sc(-c2cccc(NC3CCN(S(=O)(=O)Cc4cccc([N+](=O)[O-])c4)CC3)c2)c1Cl. The van der Waals surface area contributed by atoms with Gasteiger partial charge in [-0.25, -0.2) is 17.5 Å². The Balaban J connectivity index is 1.39. The minimum Gasteiger partial charge on any atom is -0.479 e. The van der Waals surface area contributed by atoms with Crippen LogP contribution in [-0.4, -0.2) is 62.2 Å². The van der Waals surface area contributed by atoms with Gasteiger partial charge in [-0.1, -0.05) is 35.9 Å². The van der Waals surface area contributed by atoms with E-state index in [1.165, 1.54) is 22.5 Å². The molecule has 14 heteroatoms. The van der Waals surface area contributed by atoms with E-state index in [9.17, 15) is 28.1 Å². The molecule has 41 heavy (non-hydrogen) atoms. The van der Waals surface area contributed by atoms with Crippen molar-refractivity contribution in [1.29, 1.82) is 0 Å². The highest BCUT2D eigenvalue weighted by atomic mass is 35.5. The smallest absolute Gasteiger partial charge is 0.344 e. The van der Waals surface area contributed by atoms with Crippen LogP contribution in [0.3, 0.4) is 0 Å². The first kappa shape index (κ1) is 30.4. The number of sulfonamides is 1. The fraction of sp³-hybridized carbons (Fsp3) is 0.333. The van der Waals surface area contributed by atoms with Crippen LogP contribution < -0.4 is 10.1 Å². The Morgan fingerprint density at radius 3 is 2.63 bits per heavy atom. The van der Waals surface area contributed by atoms with Crippen molar-refractivity contribution in [2.24, 2.45) is 0 Å². The number of carbonyl (C=O) groups is 2. The van der Waals surface area contributed by atoms with E-state index < -0.39 is 20.9 Å². The molecule has 0 spiro atoms. The monoisotopic (exact) mass is 621 g/mol. The number of carbonyl (C=O) groups excluding carboxylic acids is 2. The molecule has 1 aliphatic rings. The van der Waals surface area contributed by atoms with E-state index in [2.05, 4.69) is 5.32 Å². The lowest BCUT2D eigenvalue weighted by Crippen LogP contribution is -2.42. The second kappa shape index (κ2) is 13.4. The first-order valence-electron chi connectivity index (χ1n) is 12.7. The van der Waals surface area contributed by atoms with E-state index in [1.54, 1.807) is 13.0 Å². The maximum absolute atomic E-state index is 13.0. The molecule has 1 saturated heterocycles. The van der Waals surface area contributed by atoms with E-state index in [0.29, 0.717) is 42.7 Å². The molecule has 2 heterocycles. The van der Waals surface area contributed by atoms with Gasteiger partial charge in [0, 0.05) is 37.0 Å². The summed E-state index contributed by atoms with van der Waals surface area (Å²) < 4.78 is 37.7. The third-order valence-corrected chi connectivity index (χ3v) is 9.86. The van der Waals surface area contributed by atoms with Crippen LogP contribution in [0.2, 0.25) is 5.02 Å². The summed E-state index contributed by atoms with van der Waals surface area (Å²) in [5, 5.41) is 14.7. The lowest BCUT2D eigenvalue weighted by atomic mass is 10.1. The minimum atomic E-state index is -3.64. The third-order valence-electron chi connectivity index (χ3n) is 6.39. The number of hydrogen-bond donors (Lipinski definition) is 1. The number of hydrogen-bond acceptors (Lipinski definition) is 10. The quantitative estimate of drug-likeness (QED) is 0.126. The Morgan fingerprint density at radius 2 is 1.95 bits per heavy atom. The van der Waals surface area contributed by atoms with Gasteiger partial charge in [-0.2, -0.15) is 0 Å². The number of piperidine rings is 1. The number of anilines is 1. The van der Waals surface area contributed by atoms with Crippen LogP contribution in [0.1, 0.15) is 35.0 Å². The Labute approximate surface area is 246 Å². The molecule has 0 atom stereocenters. The van der Waals surface area contributed by atoms with Crippen molar-refractivity contribution in [3.05, 3.63) is 74.1 Å². The maximum atomic E-state index is 13.0. The molecule has 11 nitrogen and oxygen atoms in total. The molecular formula is C27H28ClN3O8S2. The van der Waals surface area contributed by atoms with E-state index in [4.69, 9.17) is 21.1 Å². The zero-order valence-corrected chi connectivity index (χ0v) is 24.5. The highest BCUT2D eigenvalue weighted by Gasteiger charge is 2.29. The number of nitrogens with zero attached hydrogens (tertiary/aromatic N) is 2. The summed E-state index contributed by atoms with van der Waals surface area (Å²) in [6, 6.07) is 13.1. The second-order valence-corrected chi connectivity index (χ2v) is 12.6. The number of non-ortho nitro benzene ring substituents is 1. The van der Waals surface area contributed by atoms with Crippen molar-refractivity contribution in [1.82, 2.24) is 4.31 Å². The van der Waals surface area contributed by atoms with Crippen LogP contribution in [0.15, 0.2) is 48.5 Å². The summed E-state index contributed by atoms with van der Waals surface area (Å²) in [5.74, 6) is -0.737. The molecule has 3 aromatic rings. The van der Waals surface area contributed by atoms with E-state index in [0.717, 1.165) is 22.6 Å². The molecule has 0 unspecified atom stereocenters. The fourth-order valence-corrected chi connectivity index (χ4v) is 7.41. The highest BCUT2D eigenvalue weighted by molar-refractivity contribution is 7.88. The summed E-state index contributed by atoms with van der Waals surface area (Å²) in [7, 11) is -3.64. The summed E-state index contributed by atoms with van der Waals surface area (Å²) in [6.07, 6.45) is 1.77. The summed E-state index contributed by atoms with van der Waals surface area (Å²) >= 11 is 7.70. The predicted octanol–water partition coefficient (Wildman–Crippen LogP) is 5.14. The van der Waals surface area contributed by atoms with E-state index >= 15 is 0 Å². The van der Waals surface area contributed by atoms with Crippen LogP contribution >= 0.6 is 22.9 Å². The largest absolute Gasteiger partial charge is 0.479 e. The first-order valence-corrected chi connectivity index (χ1v) is 15.6. The molecule has 1 fully saturated rings. The lowest BCUT2D eigenvalue weighted by molar-refractivity contribution is -0.384. The van der Waals surface area contributed by atoms with E-state index in [-0.39, 0.29) is 46.3 Å². The topological polar surface area (TPSA) is 145 Å². The van der Waals surface area contributed by atoms with Crippen LogP contribution in [-0.2, 0) is 25.3 Å². The predicted molar refractivity (Wildman–Crippen MR) is 156 cm³/mol. The van der Waals surface area contributed by atoms with Gasteiger partial charge < -0.3 is 14.8 Å². The average Bonchev–Trinajstić information content (AvgIpc) is 3.27. The van der Waals surface area contributed by atoms with Gasteiger partial charge in [0.15, 0.2) is 18.6 Å². The minimum absolute atomic E-state index is 0.0160. The van der Waals surface area contributed by atoms with Crippen molar-refractivity contribution in [3.63, 3.8) is 0 Å². The average molecular weight is 622 g/mol. The summed E-state index contributed by atoms with van der Waals surface area (Å²) in [5.41, 5.74) is 1.77. The zero-order chi connectivity index (χ0) is 29.6. The number of aldehydes is 1. The summed E-state index contributed by atoms with van der Waals surface area (Å²) in [6.45, 7) is 2.15. The van der Waals surface area contributed by atoms with Gasteiger partial charge in [0.25, 0.3) is 5.69 Å². The normalized spacial score (nSPS) is 14.4. The number of esters is 1. The molecule has 1 aromatic heterocycles. The van der Waals surface area contributed by atoms with Crippen molar-refractivity contribution >= 4 is 56.6 Å². The molecule has 0 saturated carbocycles. The van der Waals surface area contributed by atoms with Crippen molar-refractivity contribution in [3.8, 4) is 16.2 Å². The Kier molecular flexibility index (Phi) is 9.97. The first-order chi connectivity index (χ1) is 19.6. The molecular weight excluding hydrogens is 594 g/mol. The maximum Gasteiger partial charge on any atom is 0.344 e. The number of thiophene rings is 1.